The van der Waals surface area contributed by atoms with Crippen molar-refractivity contribution < 1.29 is 28.3 Å². The van der Waals surface area contributed by atoms with Gasteiger partial charge in [-0.1, -0.05) is 45.8 Å². The van der Waals surface area contributed by atoms with E-state index in [1.165, 1.54) is 17.4 Å². The number of rotatable bonds is 5. The molecular weight excluding hydrogens is 592 g/mol. The third kappa shape index (κ3) is 4.18. The second-order valence-electron chi connectivity index (χ2n) is 11.4. The molecule has 1 N–H and O–H groups in total. The molecule has 8 rings (SSSR count). The number of hydrogen-bond acceptors (Lipinski definition) is 8. The summed E-state index contributed by atoms with van der Waals surface area (Å²) < 4.78 is 34.3. The lowest BCUT2D eigenvalue weighted by molar-refractivity contribution is -0.104. The van der Waals surface area contributed by atoms with Crippen LogP contribution in [-0.4, -0.2) is 45.5 Å². The number of thiazole rings is 1. The Morgan fingerprint density at radius 3 is 2.54 bits per heavy atom. The zero-order valence-electron chi connectivity index (χ0n) is 21.6. The van der Waals surface area contributed by atoms with Gasteiger partial charge in [0, 0.05) is 23.6 Å². The van der Waals surface area contributed by atoms with E-state index in [-0.39, 0.29) is 29.1 Å². The number of carboxylic acid groups (broad SMARTS) is 1. The maximum Gasteiger partial charge on any atom is 0.335 e. The number of fused-ring (bicyclic) bond motifs is 3. The lowest BCUT2D eigenvalue weighted by Gasteiger charge is -2.43. The molecule has 3 unspecified atom stereocenters. The van der Waals surface area contributed by atoms with Gasteiger partial charge in [-0.25, -0.2) is 14.2 Å². The van der Waals surface area contributed by atoms with Gasteiger partial charge in [0.1, 0.15) is 17.0 Å². The average Bonchev–Trinajstić information content (AvgIpc) is 3.23. The fourth-order valence-electron chi connectivity index (χ4n) is 6.79. The molecule has 5 heterocycles. The molecule has 41 heavy (non-hydrogen) atoms. The van der Waals surface area contributed by atoms with Crippen LogP contribution in [0.25, 0.3) is 21.5 Å². The van der Waals surface area contributed by atoms with E-state index < -0.39 is 23.7 Å². The summed E-state index contributed by atoms with van der Waals surface area (Å²) in [5, 5.41) is 15.4. The second kappa shape index (κ2) is 9.37. The van der Waals surface area contributed by atoms with E-state index in [1.807, 2.05) is 0 Å². The molecule has 8 nitrogen and oxygen atoms in total. The summed E-state index contributed by atoms with van der Waals surface area (Å²) in [6.45, 7) is 0.430. The van der Waals surface area contributed by atoms with Crippen LogP contribution in [0.2, 0.25) is 10.0 Å². The van der Waals surface area contributed by atoms with Crippen molar-refractivity contribution in [3.63, 3.8) is 0 Å². The van der Waals surface area contributed by atoms with Gasteiger partial charge in [-0.05, 0) is 62.8 Å². The molecule has 12 heteroatoms. The number of carbonyl (C=O) groups is 1. The predicted molar refractivity (Wildman–Crippen MR) is 152 cm³/mol. The predicted octanol–water partition coefficient (Wildman–Crippen LogP) is 7.59. The molecule has 2 aromatic heterocycles. The molecule has 2 aromatic carbocycles. The van der Waals surface area contributed by atoms with Gasteiger partial charge in [-0.2, -0.15) is 0 Å². The number of benzene rings is 2. The summed E-state index contributed by atoms with van der Waals surface area (Å²) in [6, 6.07) is 8.15. The zero-order valence-corrected chi connectivity index (χ0v) is 23.9. The summed E-state index contributed by atoms with van der Waals surface area (Å²) in [5.41, 5.74) is 1.57. The lowest BCUT2D eigenvalue weighted by atomic mass is 9.87. The molecule has 4 aromatic rings. The minimum Gasteiger partial charge on any atom is -0.478 e. The van der Waals surface area contributed by atoms with Gasteiger partial charge in [0.25, 0.3) is 0 Å². The van der Waals surface area contributed by atoms with Crippen LogP contribution in [0.5, 0.6) is 0 Å². The summed E-state index contributed by atoms with van der Waals surface area (Å²) in [7, 11) is 0. The number of aromatic carboxylic acids is 1. The molecule has 212 valence electrons. The van der Waals surface area contributed by atoms with E-state index in [2.05, 4.69) is 15.0 Å². The molecule has 1 aliphatic carbocycles. The quantitative estimate of drug-likeness (QED) is 0.245. The van der Waals surface area contributed by atoms with E-state index in [1.54, 1.807) is 18.2 Å². The standard InChI is InChI=1S/C29H24Cl2FN3O5S/c30-17-2-1-3-18(31)21(17)24-22(25(40-34-24)13-4-5-13)27-38-12-29(39-27)10-15-6-7-16(11-29)35(15)28-33-23-19(32)8-14(26(36)37)9-20(23)41-28/h1-3,8-9,13,15-16,27H,4-7,10-12H2,(H,36,37). The fraction of sp³-hybridized carbons (Fsp3) is 0.414. The number of ether oxygens (including phenoxy) is 2. The fourth-order valence-corrected chi connectivity index (χ4v) is 8.53. The van der Waals surface area contributed by atoms with Crippen LogP contribution in [0.1, 0.15) is 72.4 Å². The lowest BCUT2D eigenvalue weighted by Crippen LogP contribution is -2.52. The van der Waals surface area contributed by atoms with E-state index in [4.69, 9.17) is 37.2 Å². The number of anilines is 1. The van der Waals surface area contributed by atoms with Crippen molar-refractivity contribution in [2.24, 2.45) is 0 Å². The van der Waals surface area contributed by atoms with Crippen LogP contribution in [0.4, 0.5) is 9.52 Å². The first-order chi connectivity index (χ1) is 19.8. The molecule has 1 spiro atoms. The molecule has 0 radical (unpaired) electrons. The number of aromatic nitrogens is 2. The molecule has 3 saturated heterocycles. The van der Waals surface area contributed by atoms with Crippen molar-refractivity contribution in [1.82, 2.24) is 10.1 Å². The number of piperidine rings is 1. The molecule has 3 aliphatic heterocycles. The van der Waals surface area contributed by atoms with Gasteiger partial charge in [0.15, 0.2) is 17.2 Å². The Kier molecular flexibility index (Phi) is 5.92. The summed E-state index contributed by atoms with van der Waals surface area (Å²) in [5.74, 6) is -0.731. The van der Waals surface area contributed by atoms with Crippen molar-refractivity contribution in [1.29, 1.82) is 0 Å². The van der Waals surface area contributed by atoms with Gasteiger partial charge in [0.05, 0.1) is 38.1 Å². The number of nitrogens with zero attached hydrogens (tertiary/aromatic N) is 3. The topological polar surface area (TPSA) is 97.9 Å². The monoisotopic (exact) mass is 615 g/mol. The maximum atomic E-state index is 14.7. The van der Waals surface area contributed by atoms with Crippen LogP contribution in [0, 0.1) is 5.82 Å². The summed E-state index contributed by atoms with van der Waals surface area (Å²) in [6.07, 6.45) is 4.75. The number of hydrogen-bond donors (Lipinski definition) is 1. The largest absolute Gasteiger partial charge is 0.478 e. The number of halogens is 3. The van der Waals surface area contributed by atoms with Crippen LogP contribution >= 0.6 is 34.5 Å². The first-order valence-corrected chi connectivity index (χ1v) is 15.2. The highest BCUT2D eigenvalue weighted by Gasteiger charge is 2.55. The smallest absolute Gasteiger partial charge is 0.335 e. The molecule has 1 saturated carbocycles. The Morgan fingerprint density at radius 2 is 1.85 bits per heavy atom. The Morgan fingerprint density at radius 1 is 1.12 bits per heavy atom. The van der Waals surface area contributed by atoms with Crippen molar-refractivity contribution in [3.05, 3.63) is 63.1 Å². The Balaban J connectivity index is 1.09. The highest BCUT2D eigenvalue weighted by molar-refractivity contribution is 7.22. The Hall–Kier alpha value is -2.76. The van der Waals surface area contributed by atoms with Crippen molar-refractivity contribution in [2.45, 2.75) is 68.4 Å². The van der Waals surface area contributed by atoms with Gasteiger partial charge in [0.2, 0.25) is 0 Å². The van der Waals surface area contributed by atoms with Crippen LogP contribution < -0.4 is 4.90 Å². The average molecular weight is 616 g/mol. The summed E-state index contributed by atoms with van der Waals surface area (Å²) in [4.78, 5) is 18.3. The molecule has 0 amide bonds. The van der Waals surface area contributed by atoms with Gasteiger partial charge < -0.3 is 24.0 Å². The van der Waals surface area contributed by atoms with Gasteiger partial charge >= 0.3 is 5.97 Å². The molecule has 2 bridgehead atoms. The molecular formula is C29H24Cl2FN3O5S. The van der Waals surface area contributed by atoms with Crippen LogP contribution in [-0.2, 0) is 9.47 Å². The maximum absolute atomic E-state index is 14.7. The highest BCUT2D eigenvalue weighted by Crippen LogP contribution is 2.54. The molecule has 4 aliphatic rings. The van der Waals surface area contributed by atoms with Crippen LogP contribution in [0.15, 0.2) is 34.9 Å². The zero-order chi connectivity index (χ0) is 28.0. The minimum absolute atomic E-state index is 0.0786. The Bertz CT molecular complexity index is 1690. The van der Waals surface area contributed by atoms with E-state index >= 15 is 0 Å². The normalized spacial score (nSPS) is 27.4. The highest BCUT2D eigenvalue weighted by atomic mass is 35.5. The van der Waals surface area contributed by atoms with Crippen molar-refractivity contribution in [3.8, 4) is 11.3 Å². The molecule has 4 fully saturated rings. The van der Waals surface area contributed by atoms with Crippen LogP contribution in [0.3, 0.4) is 0 Å². The van der Waals surface area contributed by atoms with E-state index in [0.29, 0.717) is 37.7 Å². The third-order valence-corrected chi connectivity index (χ3v) is 10.4. The second-order valence-corrected chi connectivity index (χ2v) is 13.3. The minimum atomic E-state index is -1.16. The van der Waals surface area contributed by atoms with Crippen molar-refractivity contribution >= 4 is 55.9 Å². The van der Waals surface area contributed by atoms with E-state index in [9.17, 15) is 14.3 Å². The number of carboxylic acids is 1. The molecule has 3 atom stereocenters. The van der Waals surface area contributed by atoms with Crippen molar-refractivity contribution in [2.75, 3.05) is 11.5 Å². The first kappa shape index (κ1) is 25.9. The SMILES string of the molecule is O=C(O)c1cc(F)c2nc(N3C4CCC3CC3(COC(c5c(-c6c(Cl)cccc6Cl)noc5C5CC5)O3)C4)sc2c1. The van der Waals surface area contributed by atoms with Gasteiger partial charge in [-0.3, -0.25) is 0 Å². The van der Waals surface area contributed by atoms with E-state index in [0.717, 1.165) is 55.9 Å². The first-order valence-electron chi connectivity index (χ1n) is 13.7. The Labute approximate surface area is 247 Å². The third-order valence-electron chi connectivity index (χ3n) is 8.73. The van der Waals surface area contributed by atoms with Gasteiger partial charge in [-0.15, -0.1) is 0 Å². The summed E-state index contributed by atoms with van der Waals surface area (Å²) >= 11 is 14.5.